The van der Waals surface area contributed by atoms with Crippen molar-refractivity contribution in [3.8, 4) is 11.8 Å². The molecule has 0 radical (unpaired) electrons. The smallest absolute Gasteiger partial charge is 0.285 e. The quantitative estimate of drug-likeness (QED) is 0.680. The Morgan fingerprint density at radius 2 is 1.83 bits per heavy atom. The van der Waals surface area contributed by atoms with E-state index in [0.717, 1.165) is 16.1 Å². The van der Waals surface area contributed by atoms with Crippen molar-refractivity contribution < 1.29 is 4.79 Å². The molecule has 30 heavy (non-hydrogen) atoms. The lowest BCUT2D eigenvalue weighted by molar-refractivity contribution is -0.117. The summed E-state index contributed by atoms with van der Waals surface area (Å²) in [4.78, 5) is 25.3. The number of hydrogen-bond donors (Lipinski definition) is 1. The van der Waals surface area contributed by atoms with Gasteiger partial charge >= 0.3 is 0 Å². The van der Waals surface area contributed by atoms with Crippen LogP contribution in [0.2, 0.25) is 0 Å². The highest BCUT2D eigenvalue weighted by atomic mass is 16.2. The van der Waals surface area contributed by atoms with Crippen LogP contribution < -0.4 is 10.9 Å². The van der Waals surface area contributed by atoms with Crippen molar-refractivity contribution in [2.75, 3.05) is 5.32 Å². The summed E-state index contributed by atoms with van der Waals surface area (Å²) < 4.78 is 2.83. The summed E-state index contributed by atoms with van der Waals surface area (Å²) in [5, 5.41) is 21.1. The van der Waals surface area contributed by atoms with E-state index in [2.05, 4.69) is 15.5 Å². The third-order valence-electron chi connectivity index (χ3n) is 4.99. The number of carbonyl (C=O) groups is 1. The fourth-order valence-electron chi connectivity index (χ4n) is 3.50. The number of anilines is 1. The number of aryl methyl sites for hydroxylation is 2. The highest BCUT2D eigenvalue weighted by Crippen LogP contribution is 2.22. The minimum atomic E-state index is -0.546. The maximum Gasteiger partial charge on any atom is 0.285 e. The summed E-state index contributed by atoms with van der Waals surface area (Å²) >= 11 is 0. The average Bonchev–Trinajstić information content (AvgIpc) is 3.03. The second-order valence-corrected chi connectivity index (χ2v) is 6.92. The van der Waals surface area contributed by atoms with Gasteiger partial charge in [-0.1, -0.05) is 32.0 Å². The minimum absolute atomic E-state index is 0.0569. The molecule has 0 aliphatic carbocycles. The molecule has 0 unspecified atom stereocenters. The lowest BCUT2D eigenvalue weighted by Gasteiger charge is -2.12. The van der Waals surface area contributed by atoms with E-state index in [4.69, 9.17) is 0 Å². The first-order valence-electron chi connectivity index (χ1n) is 9.85. The molecule has 8 heteroatoms. The molecule has 0 bridgehead atoms. The van der Waals surface area contributed by atoms with Crippen molar-refractivity contribution in [2.24, 2.45) is 0 Å². The highest BCUT2D eigenvalue weighted by molar-refractivity contribution is 5.91. The second-order valence-electron chi connectivity index (χ2n) is 6.92. The van der Waals surface area contributed by atoms with Gasteiger partial charge in [0.05, 0.1) is 28.5 Å². The van der Waals surface area contributed by atoms with Gasteiger partial charge in [0.2, 0.25) is 5.91 Å². The Balaban J connectivity index is 1.90. The highest BCUT2D eigenvalue weighted by Gasteiger charge is 2.19. The fraction of sp³-hybridized carbons (Fsp3) is 0.318. The zero-order valence-electron chi connectivity index (χ0n) is 17.6. The number of hydrogen-bond acceptors (Lipinski definition) is 5. The van der Waals surface area contributed by atoms with Gasteiger partial charge in [-0.15, -0.1) is 0 Å². The Morgan fingerprint density at radius 1 is 1.13 bits per heavy atom. The number of benzene rings is 1. The van der Waals surface area contributed by atoms with E-state index in [1.807, 2.05) is 64.1 Å². The molecule has 2 heterocycles. The molecular formula is C22H24N6O2. The first kappa shape index (κ1) is 21.0. The van der Waals surface area contributed by atoms with Crippen LogP contribution in [0.4, 0.5) is 5.69 Å². The molecule has 0 saturated carbocycles. The van der Waals surface area contributed by atoms with E-state index in [1.165, 1.54) is 0 Å². The molecule has 1 aromatic carbocycles. The van der Waals surface area contributed by atoms with Gasteiger partial charge in [0.1, 0.15) is 18.2 Å². The Morgan fingerprint density at radius 3 is 2.43 bits per heavy atom. The van der Waals surface area contributed by atoms with Crippen molar-refractivity contribution in [3.63, 3.8) is 0 Å². The molecule has 3 rings (SSSR count). The first-order chi connectivity index (χ1) is 14.4. The number of nitrogens with zero attached hydrogens (tertiary/aromatic N) is 5. The molecule has 154 valence electrons. The standard InChI is InChI=1S/C22H24N6O2/c1-5-17-18(12-23)22(30)27(26-19(17)6-2)13-20(29)24-21-14(3)25-28(15(21)4)16-10-8-7-9-11-16/h7-11H,5-6,13H2,1-4H3,(H,24,29). The van der Waals surface area contributed by atoms with Crippen LogP contribution in [0, 0.1) is 25.2 Å². The fourth-order valence-corrected chi connectivity index (χ4v) is 3.50. The van der Waals surface area contributed by atoms with Gasteiger partial charge in [0.25, 0.3) is 5.56 Å². The monoisotopic (exact) mass is 404 g/mol. The molecule has 0 aliphatic rings. The lowest BCUT2D eigenvalue weighted by Crippen LogP contribution is -2.33. The molecule has 2 aromatic heterocycles. The Hall–Kier alpha value is -3.73. The van der Waals surface area contributed by atoms with Crippen LogP contribution in [0.1, 0.15) is 42.1 Å². The van der Waals surface area contributed by atoms with Gasteiger partial charge in [-0.2, -0.15) is 15.5 Å². The molecule has 3 aromatic rings. The molecule has 0 atom stereocenters. The zero-order chi connectivity index (χ0) is 21.8. The molecule has 0 fully saturated rings. The summed E-state index contributed by atoms with van der Waals surface area (Å²) in [6, 6.07) is 11.6. The van der Waals surface area contributed by atoms with Gasteiger partial charge in [0.15, 0.2) is 0 Å². The molecule has 0 aliphatic heterocycles. The number of rotatable bonds is 6. The number of carbonyl (C=O) groups excluding carboxylic acids is 1. The molecule has 1 amide bonds. The number of amides is 1. The number of nitrogens with one attached hydrogen (secondary N) is 1. The molecule has 0 saturated heterocycles. The van der Waals surface area contributed by atoms with Crippen LogP contribution in [0.3, 0.4) is 0 Å². The van der Waals surface area contributed by atoms with Crippen molar-refractivity contribution in [3.05, 3.63) is 68.9 Å². The Labute approximate surface area is 174 Å². The predicted octanol–water partition coefficient (Wildman–Crippen LogP) is 2.68. The van der Waals surface area contributed by atoms with Crippen LogP contribution in [0.25, 0.3) is 5.69 Å². The molecule has 8 nitrogen and oxygen atoms in total. The van der Waals surface area contributed by atoms with E-state index in [9.17, 15) is 14.9 Å². The van der Waals surface area contributed by atoms with Gasteiger partial charge in [-0.25, -0.2) is 9.36 Å². The lowest BCUT2D eigenvalue weighted by atomic mass is 10.0. The summed E-state index contributed by atoms with van der Waals surface area (Å²) in [5.74, 6) is -0.404. The van der Waals surface area contributed by atoms with Gasteiger partial charge in [-0.3, -0.25) is 9.59 Å². The van der Waals surface area contributed by atoms with Crippen molar-refractivity contribution in [2.45, 2.75) is 47.1 Å². The summed E-state index contributed by atoms with van der Waals surface area (Å²) in [6.07, 6.45) is 1.11. The van der Waals surface area contributed by atoms with E-state index in [-0.39, 0.29) is 12.1 Å². The van der Waals surface area contributed by atoms with E-state index < -0.39 is 11.5 Å². The normalized spacial score (nSPS) is 10.6. The average molecular weight is 404 g/mol. The topological polar surface area (TPSA) is 106 Å². The maximum absolute atomic E-state index is 12.7. The van der Waals surface area contributed by atoms with Crippen LogP contribution in [-0.2, 0) is 24.2 Å². The van der Waals surface area contributed by atoms with Gasteiger partial charge in [-0.05, 0) is 44.4 Å². The Kier molecular flexibility index (Phi) is 6.11. The van der Waals surface area contributed by atoms with Crippen molar-refractivity contribution >= 4 is 11.6 Å². The third kappa shape index (κ3) is 3.87. The second kappa shape index (κ2) is 8.74. The van der Waals surface area contributed by atoms with Crippen LogP contribution >= 0.6 is 0 Å². The van der Waals surface area contributed by atoms with E-state index in [1.54, 1.807) is 4.68 Å². The van der Waals surface area contributed by atoms with Gasteiger partial charge < -0.3 is 5.32 Å². The largest absolute Gasteiger partial charge is 0.321 e. The molecular weight excluding hydrogens is 380 g/mol. The van der Waals surface area contributed by atoms with Crippen LogP contribution in [0.15, 0.2) is 35.1 Å². The summed E-state index contributed by atoms with van der Waals surface area (Å²) in [6.45, 7) is 7.18. The Bertz CT molecular complexity index is 1190. The number of nitriles is 1. The van der Waals surface area contributed by atoms with Crippen molar-refractivity contribution in [1.29, 1.82) is 5.26 Å². The van der Waals surface area contributed by atoms with Gasteiger partial charge in [0, 0.05) is 0 Å². The first-order valence-corrected chi connectivity index (χ1v) is 9.85. The van der Waals surface area contributed by atoms with Crippen LogP contribution in [-0.4, -0.2) is 25.5 Å². The van der Waals surface area contributed by atoms with E-state index in [0.29, 0.717) is 35.5 Å². The SMILES string of the molecule is CCc1nn(CC(=O)Nc2c(C)nn(-c3ccccc3)c2C)c(=O)c(C#N)c1CC. The van der Waals surface area contributed by atoms with E-state index >= 15 is 0 Å². The number of aromatic nitrogens is 4. The van der Waals surface area contributed by atoms with Crippen molar-refractivity contribution in [1.82, 2.24) is 19.6 Å². The predicted molar refractivity (Wildman–Crippen MR) is 114 cm³/mol. The molecule has 1 N–H and O–H groups in total. The minimum Gasteiger partial charge on any atom is -0.321 e. The van der Waals surface area contributed by atoms with Crippen LogP contribution in [0.5, 0.6) is 0 Å². The third-order valence-corrected chi connectivity index (χ3v) is 4.99. The zero-order valence-corrected chi connectivity index (χ0v) is 17.6. The maximum atomic E-state index is 12.7. The molecule has 0 spiro atoms. The number of para-hydroxylation sites is 1. The summed E-state index contributed by atoms with van der Waals surface area (Å²) in [7, 11) is 0. The summed E-state index contributed by atoms with van der Waals surface area (Å²) in [5.41, 5.74) is 3.75.